The van der Waals surface area contributed by atoms with Gasteiger partial charge in [-0.1, -0.05) is 29.3 Å². The van der Waals surface area contributed by atoms with Gasteiger partial charge in [-0.05, 0) is 17.7 Å². The van der Waals surface area contributed by atoms with E-state index in [9.17, 15) is 4.79 Å². The standard InChI is InChI=1S/C10H7Cl2N3O2/c11-6-2-1-5(7(12)4-6)3-8-14-15-10(17-8)9(13)16/h1-2,4H,3H2,(H2,13,16). The van der Waals surface area contributed by atoms with Gasteiger partial charge in [0.05, 0.1) is 6.42 Å². The zero-order valence-corrected chi connectivity index (χ0v) is 10.00. The van der Waals surface area contributed by atoms with Crippen molar-refractivity contribution in [2.24, 2.45) is 5.73 Å². The van der Waals surface area contributed by atoms with E-state index in [0.717, 1.165) is 5.56 Å². The Hall–Kier alpha value is -1.59. The second kappa shape index (κ2) is 4.73. The van der Waals surface area contributed by atoms with Crippen LogP contribution in [0.4, 0.5) is 0 Å². The zero-order valence-electron chi connectivity index (χ0n) is 8.48. The number of amides is 1. The first-order valence-electron chi connectivity index (χ1n) is 4.62. The molecule has 0 fully saturated rings. The molecule has 0 aliphatic heterocycles. The average molecular weight is 272 g/mol. The molecular weight excluding hydrogens is 265 g/mol. The highest BCUT2D eigenvalue weighted by molar-refractivity contribution is 6.35. The van der Waals surface area contributed by atoms with Crippen molar-refractivity contribution < 1.29 is 9.21 Å². The molecule has 1 aromatic carbocycles. The van der Waals surface area contributed by atoms with Crippen molar-refractivity contribution in [2.75, 3.05) is 0 Å². The molecule has 2 aromatic rings. The molecule has 2 rings (SSSR count). The highest BCUT2D eigenvalue weighted by Gasteiger charge is 2.12. The van der Waals surface area contributed by atoms with Crippen LogP contribution in [0.3, 0.4) is 0 Å². The lowest BCUT2D eigenvalue weighted by Crippen LogP contribution is -2.11. The summed E-state index contributed by atoms with van der Waals surface area (Å²) in [5.74, 6) is -0.709. The van der Waals surface area contributed by atoms with Crippen molar-refractivity contribution in [1.82, 2.24) is 10.2 Å². The minimum Gasteiger partial charge on any atom is -0.417 e. The van der Waals surface area contributed by atoms with Gasteiger partial charge in [0.15, 0.2) is 0 Å². The van der Waals surface area contributed by atoms with E-state index in [1.807, 2.05) is 0 Å². The minimum absolute atomic E-state index is 0.218. The van der Waals surface area contributed by atoms with Gasteiger partial charge in [-0.2, -0.15) is 0 Å². The predicted octanol–water partition coefficient (Wildman–Crippen LogP) is 2.07. The Morgan fingerprint density at radius 3 is 2.71 bits per heavy atom. The molecule has 0 saturated heterocycles. The van der Waals surface area contributed by atoms with Crippen molar-refractivity contribution in [3.8, 4) is 0 Å². The summed E-state index contributed by atoms with van der Waals surface area (Å²) in [6, 6.07) is 5.07. The third-order valence-electron chi connectivity index (χ3n) is 2.03. The number of halogens is 2. The van der Waals surface area contributed by atoms with Gasteiger partial charge in [-0.3, -0.25) is 4.79 Å². The lowest BCUT2D eigenvalue weighted by Gasteiger charge is -2.00. The number of nitrogens with zero attached hydrogens (tertiary/aromatic N) is 2. The van der Waals surface area contributed by atoms with Gasteiger partial charge < -0.3 is 10.2 Å². The Balaban J connectivity index is 2.22. The maximum absolute atomic E-state index is 10.8. The molecule has 0 radical (unpaired) electrons. The van der Waals surface area contributed by atoms with Gasteiger partial charge in [0, 0.05) is 10.0 Å². The Bertz CT molecular complexity index is 568. The van der Waals surface area contributed by atoms with E-state index < -0.39 is 5.91 Å². The summed E-state index contributed by atoms with van der Waals surface area (Å²) >= 11 is 11.8. The number of hydrogen-bond donors (Lipinski definition) is 1. The van der Waals surface area contributed by atoms with Gasteiger partial charge in [-0.25, -0.2) is 0 Å². The Labute approximate surface area is 107 Å². The molecule has 7 heteroatoms. The monoisotopic (exact) mass is 271 g/mol. The van der Waals surface area contributed by atoms with Crippen molar-refractivity contribution >= 4 is 29.1 Å². The summed E-state index contributed by atoms with van der Waals surface area (Å²) in [5, 5.41) is 8.23. The van der Waals surface area contributed by atoms with Crippen LogP contribution in [0.1, 0.15) is 22.1 Å². The van der Waals surface area contributed by atoms with Gasteiger partial charge in [-0.15, -0.1) is 10.2 Å². The van der Waals surface area contributed by atoms with Crippen molar-refractivity contribution in [3.63, 3.8) is 0 Å². The number of aromatic nitrogens is 2. The first-order valence-corrected chi connectivity index (χ1v) is 5.38. The quantitative estimate of drug-likeness (QED) is 0.927. The van der Waals surface area contributed by atoms with Crippen molar-refractivity contribution in [3.05, 3.63) is 45.6 Å². The highest BCUT2D eigenvalue weighted by Crippen LogP contribution is 2.22. The molecule has 0 unspecified atom stereocenters. The molecule has 1 amide bonds. The number of primary amides is 1. The molecule has 0 saturated carbocycles. The molecule has 0 aliphatic carbocycles. The van der Waals surface area contributed by atoms with E-state index in [1.165, 1.54) is 0 Å². The van der Waals surface area contributed by atoms with E-state index in [-0.39, 0.29) is 11.8 Å². The fraction of sp³-hybridized carbons (Fsp3) is 0.100. The molecule has 2 N–H and O–H groups in total. The van der Waals surface area contributed by atoms with E-state index in [0.29, 0.717) is 16.5 Å². The van der Waals surface area contributed by atoms with Crippen LogP contribution in [0.15, 0.2) is 22.6 Å². The molecule has 88 valence electrons. The summed E-state index contributed by atoms with van der Waals surface area (Å²) in [4.78, 5) is 10.8. The SMILES string of the molecule is NC(=O)c1nnc(Cc2ccc(Cl)cc2Cl)o1. The van der Waals surface area contributed by atoms with Crippen LogP contribution in [-0.4, -0.2) is 16.1 Å². The maximum Gasteiger partial charge on any atom is 0.306 e. The van der Waals surface area contributed by atoms with Crippen LogP contribution < -0.4 is 5.73 Å². The van der Waals surface area contributed by atoms with Crippen LogP contribution in [0, 0.1) is 0 Å². The summed E-state index contributed by atoms with van der Waals surface area (Å²) in [6.07, 6.45) is 0.316. The molecule has 1 aromatic heterocycles. The second-order valence-electron chi connectivity index (χ2n) is 3.28. The summed E-state index contributed by atoms with van der Waals surface area (Å²) in [6.45, 7) is 0. The fourth-order valence-corrected chi connectivity index (χ4v) is 1.73. The topological polar surface area (TPSA) is 82.0 Å². The Morgan fingerprint density at radius 2 is 2.12 bits per heavy atom. The van der Waals surface area contributed by atoms with E-state index >= 15 is 0 Å². The van der Waals surface area contributed by atoms with Gasteiger partial charge in [0.1, 0.15) is 0 Å². The van der Waals surface area contributed by atoms with Crippen molar-refractivity contribution in [1.29, 1.82) is 0 Å². The van der Waals surface area contributed by atoms with Crippen LogP contribution in [-0.2, 0) is 6.42 Å². The minimum atomic E-state index is -0.758. The van der Waals surface area contributed by atoms with Crippen LogP contribution in [0.25, 0.3) is 0 Å². The summed E-state index contributed by atoms with van der Waals surface area (Å²) in [5.41, 5.74) is 5.77. The van der Waals surface area contributed by atoms with Gasteiger partial charge in [0.2, 0.25) is 5.89 Å². The van der Waals surface area contributed by atoms with Crippen molar-refractivity contribution in [2.45, 2.75) is 6.42 Å². The Kier molecular flexibility index (Phi) is 3.31. The highest BCUT2D eigenvalue weighted by atomic mass is 35.5. The molecule has 5 nitrogen and oxygen atoms in total. The molecule has 17 heavy (non-hydrogen) atoms. The maximum atomic E-state index is 10.8. The number of hydrogen-bond acceptors (Lipinski definition) is 4. The van der Waals surface area contributed by atoms with Crippen LogP contribution in [0.2, 0.25) is 10.0 Å². The summed E-state index contributed by atoms with van der Waals surface area (Å²) in [7, 11) is 0. The molecule has 1 heterocycles. The van der Waals surface area contributed by atoms with E-state index in [2.05, 4.69) is 10.2 Å². The molecule has 0 aliphatic rings. The first-order chi connectivity index (χ1) is 8.06. The molecular formula is C10H7Cl2N3O2. The predicted molar refractivity (Wildman–Crippen MR) is 62.1 cm³/mol. The lowest BCUT2D eigenvalue weighted by molar-refractivity contribution is 0.0965. The normalized spacial score (nSPS) is 10.5. The largest absolute Gasteiger partial charge is 0.417 e. The van der Waals surface area contributed by atoms with Crippen LogP contribution >= 0.6 is 23.2 Å². The lowest BCUT2D eigenvalue weighted by atomic mass is 10.1. The number of carbonyl (C=O) groups excluding carboxylic acids is 1. The number of carbonyl (C=O) groups is 1. The fourth-order valence-electron chi connectivity index (χ4n) is 1.25. The van der Waals surface area contributed by atoms with Gasteiger partial charge >= 0.3 is 11.8 Å². The average Bonchev–Trinajstić information content (AvgIpc) is 2.71. The molecule has 0 spiro atoms. The number of rotatable bonds is 3. The van der Waals surface area contributed by atoms with E-state index in [4.69, 9.17) is 33.4 Å². The number of nitrogens with two attached hydrogens (primary N) is 1. The number of benzene rings is 1. The molecule has 0 bridgehead atoms. The molecule has 0 atom stereocenters. The second-order valence-corrected chi connectivity index (χ2v) is 4.12. The summed E-state index contributed by atoms with van der Waals surface area (Å²) < 4.78 is 5.05. The third-order valence-corrected chi connectivity index (χ3v) is 2.62. The third kappa shape index (κ3) is 2.75. The van der Waals surface area contributed by atoms with Gasteiger partial charge in [0.25, 0.3) is 0 Å². The van der Waals surface area contributed by atoms with Crippen LogP contribution in [0.5, 0.6) is 0 Å². The zero-order chi connectivity index (χ0) is 12.4. The van der Waals surface area contributed by atoms with E-state index in [1.54, 1.807) is 18.2 Å². The first kappa shape index (κ1) is 11.9. The Morgan fingerprint density at radius 1 is 1.35 bits per heavy atom. The smallest absolute Gasteiger partial charge is 0.306 e.